The average Bonchev–Trinajstić information content (AvgIpc) is 2.89. The van der Waals surface area contributed by atoms with Gasteiger partial charge in [-0.25, -0.2) is 0 Å². The molecule has 3 aromatic rings. The van der Waals surface area contributed by atoms with Crippen molar-refractivity contribution in [3.05, 3.63) is 97.9 Å². The summed E-state index contributed by atoms with van der Waals surface area (Å²) in [5.41, 5.74) is 2.70. The number of hydrogen-bond acceptors (Lipinski definition) is 3. The van der Waals surface area contributed by atoms with Crippen LogP contribution in [0.15, 0.2) is 71.2 Å². The summed E-state index contributed by atoms with van der Waals surface area (Å²) in [4.78, 5) is 28.8. The first-order valence-corrected chi connectivity index (χ1v) is 13.7. The fourth-order valence-electron chi connectivity index (χ4n) is 3.76. The van der Waals surface area contributed by atoms with E-state index in [4.69, 9.17) is 27.9 Å². The minimum Gasteiger partial charge on any atom is -0.484 e. The van der Waals surface area contributed by atoms with E-state index in [0.717, 1.165) is 27.6 Å². The Labute approximate surface area is 237 Å². The third-order valence-corrected chi connectivity index (χ3v) is 7.73. The first kappa shape index (κ1) is 29.0. The van der Waals surface area contributed by atoms with Crippen molar-refractivity contribution < 1.29 is 14.3 Å². The van der Waals surface area contributed by atoms with Gasteiger partial charge >= 0.3 is 0 Å². The van der Waals surface area contributed by atoms with Crippen LogP contribution >= 0.6 is 39.1 Å². The lowest BCUT2D eigenvalue weighted by atomic mass is 10.0. The van der Waals surface area contributed by atoms with Crippen molar-refractivity contribution >= 4 is 50.9 Å². The molecular formula is C29H31BrCl2N2O3. The molecule has 0 saturated heterocycles. The number of nitrogens with zero attached hydrogens (tertiary/aromatic N) is 1. The summed E-state index contributed by atoms with van der Waals surface area (Å²) in [6, 6.07) is 19.6. The molecule has 0 aliphatic heterocycles. The molecule has 0 bridgehead atoms. The molecule has 8 heteroatoms. The number of hydrogen-bond donors (Lipinski definition) is 1. The zero-order valence-corrected chi connectivity index (χ0v) is 24.2. The van der Waals surface area contributed by atoms with Crippen molar-refractivity contribution in [2.75, 3.05) is 6.61 Å². The smallest absolute Gasteiger partial charge is 0.261 e. The van der Waals surface area contributed by atoms with Gasteiger partial charge in [-0.15, -0.1) is 0 Å². The van der Waals surface area contributed by atoms with E-state index >= 15 is 0 Å². The molecule has 37 heavy (non-hydrogen) atoms. The first-order chi connectivity index (χ1) is 17.7. The van der Waals surface area contributed by atoms with Crippen LogP contribution in [0.4, 0.5) is 0 Å². The number of carbonyl (C=O) groups excluding carboxylic acids is 2. The number of amides is 2. The summed E-state index contributed by atoms with van der Waals surface area (Å²) in [6.07, 6.45) is 1.13. The Morgan fingerprint density at radius 2 is 1.73 bits per heavy atom. The van der Waals surface area contributed by atoms with Crippen molar-refractivity contribution in [3.63, 3.8) is 0 Å². The molecular weight excluding hydrogens is 575 g/mol. The SMILES string of the molecule is CC[C@H](C)NC(=O)[C@@H](Cc1ccccc1)N(Cc1ccc(Cl)c(Cl)c1)C(=O)COc1ccc(Br)c(C)c1. The molecule has 3 aromatic carbocycles. The predicted octanol–water partition coefficient (Wildman–Crippen LogP) is 7.00. The lowest BCUT2D eigenvalue weighted by Gasteiger charge is -2.32. The molecule has 1 N–H and O–H groups in total. The Bertz CT molecular complexity index is 1220. The molecule has 0 saturated carbocycles. The molecule has 0 fully saturated rings. The normalized spacial score (nSPS) is 12.5. The average molecular weight is 606 g/mol. The molecule has 0 radical (unpaired) electrons. The van der Waals surface area contributed by atoms with Crippen molar-refractivity contribution in [2.45, 2.75) is 52.2 Å². The van der Waals surface area contributed by atoms with Gasteiger partial charge in [-0.1, -0.05) is 82.5 Å². The maximum absolute atomic E-state index is 13.7. The largest absolute Gasteiger partial charge is 0.484 e. The highest BCUT2D eigenvalue weighted by Gasteiger charge is 2.31. The van der Waals surface area contributed by atoms with Crippen LogP contribution in [0.1, 0.15) is 37.0 Å². The summed E-state index contributed by atoms with van der Waals surface area (Å²) in [5, 5.41) is 3.86. The molecule has 2 atom stereocenters. The minimum absolute atomic E-state index is 0.0327. The van der Waals surface area contributed by atoms with Gasteiger partial charge in [0.25, 0.3) is 5.91 Å². The van der Waals surface area contributed by atoms with Crippen LogP contribution in [0.5, 0.6) is 5.75 Å². The van der Waals surface area contributed by atoms with Crippen LogP contribution in [0.3, 0.4) is 0 Å². The summed E-state index contributed by atoms with van der Waals surface area (Å²) in [5.74, 6) is 0.0465. The van der Waals surface area contributed by atoms with Crippen molar-refractivity contribution in [1.29, 1.82) is 0 Å². The van der Waals surface area contributed by atoms with E-state index in [1.165, 1.54) is 0 Å². The van der Waals surface area contributed by atoms with Crippen LogP contribution in [0.2, 0.25) is 10.0 Å². The minimum atomic E-state index is -0.756. The molecule has 0 aliphatic rings. The number of ether oxygens (including phenoxy) is 1. The summed E-state index contributed by atoms with van der Waals surface area (Å²) < 4.78 is 6.81. The van der Waals surface area contributed by atoms with Crippen molar-refractivity contribution in [1.82, 2.24) is 10.2 Å². The molecule has 196 valence electrons. The van der Waals surface area contributed by atoms with Crippen LogP contribution in [-0.2, 0) is 22.6 Å². The Kier molecular flexibility index (Phi) is 10.9. The molecule has 0 heterocycles. The van der Waals surface area contributed by atoms with Gasteiger partial charge in [-0.2, -0.15) is 0 Å². The molecule has 0 spiro atoms. The molecule has 5 nitrogen and oxygen atoms in total. The molecule has 2 amide bonds. The molecule has 0 aromatic heterocycles. The van der Waals surface area contributed by atoms with Gasteiger partial charge in [0.1, 0.15) is 11.8 Å². The van der Waals surface area contributed by atoms with Crippen LogP contribution < -0.4 is 10.1 Å². The lowest BCUT2D eigenvalue weighted by molar-refractivity contribution is -0.143. The second-order valence-electron chi connectivity index (χ2n) is 8.99. The fraction of sp³-hybridized carbons (Fsp3) is 0.310. The van der Waals surface area contributed by atoms with Crippen LogP contribution in [-0.4, -0.2) is 35.4 Å². The maximum Gasteiger partial charge on any atom is 0.261 e. The highest BCUT2D eigenvalue weighted by Crippen LogP contribution is 2.25. The number of benzene rings is 3. The summed E-state index contributed by atoms with van der Waals surface area (Å²) in [6.45, 7) is 5.85. The second kappa shape index (κ2) is 13.8. The van der Waals surface area contributed by atoms with Crippen LogP contribution in [0.25, 0.3) is 0 Å². The number of nitrogens with one attached hydrogen (secondary N) is 1. The highest BCUT2D eigenvalue weighted by molar-refractivity contribution is 9.10. The van der Waals surface area contributed by atoms with Gasteiger partial charge in [-0.05, 0) is 67.3 Å². The number of carbonyl (C=O) groups is 2. The van der Waals surface area contributed by atoms with Crippen molar-refractivity contribution in [3.8, 4) is 5.75 Å². The zero-order valence-electron chi connectivity index (χ0n) is 21.1. The van der Waals surface area contributed by atoms with E-state index in [1.54, 1.807) is 29.2 Å². The third-order valence-electron chi connectivity index (χ3n) is 6.10. The number of halogens is 3. The Morgan fingerprint density at radius 3 is 2.38 bits per heavy atom. The first-order valence-electron chi connectivity index (χ1n) is 12.1. The quantitative estimate of drug-likeness (QED) is 0.256. The Morgan fingerprint density at radius 1 is 1.00 bits per heavy atom. The maximum atomic E-state index is 13.7. The van der Waals surface area contributed by atoms with E-state index in [9.17, 15) is 9.59 Å². The van der Waals surface area contributed by atoms with Gasteiger partial charge in [0.2, 0.25) is 5.91 Å². The Hall–Kier alpha value is -2.54. The van der Waals surface area contributed by atoms with E-state index in [-0.39, 0.29) is 31.0 Å². The Balaban J connectivity index is 1.93. The van der Waals surface area contributed by atoms with E-state index in [0.29, 0.717) is 22.2 Å². The van der Waals surface area contributed by atoms with E-state index in [1.807, 2.05) is 63.2 Å². The van der Waals surface area contributed by atoms with Gasteiger partial charge in [-0.3, -0.25) is 9.59 Å². The topological polar surface area (TPSA) is 58.6 Å². The summed E-state index contributed by atoms with van der Waals surface area (Å²) in [7, 11) is 0. The van der Waals surface area contributed by atoms with Crippen molar-refractivity contribution in [2.24, 2.45) is 0 Å². The molecule has 3 rings (SSSR count). The molecule has 0 unspecified atom stereocenters. The van der Waals surface area contributed by atoms with Gasteiger partial charge in [0, 0.05) is 23.5 Å². The second-order valence-corrected chi connectivity index (χ2v) is 10.7. The number of aryl methyl sites for hydroxylation is 1. The van der Waals surface area contributed by atoms with E-state index in [2.05, 4.69) is 21.2 Å². The predicted molar refractivity (Wildman–Crippen MR) is 153 cm³/mol. The highest BCUT2D eigenvalue weighted by atomic mass is 79.9. The lowest BCUT2D eigenvalue weighted by Crippen LogP contribution is -2.53. The summed E-state index contributed by atoms with van der Waals surface area (Å²) >= 11 is 15.9. The molecule has 0 aliphatic carbocycles. The monoisotopic (exact) mass is 604 g/mol. The van der Waals surface area contributed by atoms with Gasteiger partial charge in [0.05, 0.1) is 10.0 Å². The zero-order chi connectivity index (χ0) is 26.9. The standard InChI is InChI=1S/C29H31BrCl2N2O3/c1-4-20(3)33-29(36)27(16-21-8-6-5-7-9-21)34(17-22-10-13-25(31)26(32)15-22)28(35)18-37-23-11-12-24(30)19(2)14-23/h5-15,20,27H,4,16-18H2,1-3H3,(H,33,36)/t20-,27+/m0/s1. The fourth-order valence-corrected chi connectivity index (χ4v) is 4.33. The van der Waals surface area contributed by atoms with Gasteiger partial charge in [0.15, 0.2) is 6.61 Å². The van der Waals surface area contributed by atoms with E-state index < -0.39 is 6.04 Å². The van der Waals surface area contributed by atoms with Crippen LogP contribution in [0, 0.1) is 6.92 Å². The third kappa shape index (κ3) is 8.49. The number of rotatable bonds is 11. The van der Waals surface area contributed by atoms with Gasteiger partial charge < -0.3 is 15.0 Å².